The van der Waals surface area contributed by atoms with Crippen LogP contribution in [0.5, 0.6) is 0 Å². The highest BCUT2D eigenvalue weighted by atomic mass is 15.3. The van der Waals surface area contributed by atoms with Crippen LogP contribution in [0.3, 0.4) is 0 Å². The fourth-order valence-corrected chi connectivity index (χ4v) is 5.72. The van der Waals surface area contributed by atoms with Crippen molar-refractivity contribution in [1.82, 2.24) is 14.5 Å². The zero-order valence-corrected chi connectivity index (χ0v) is 24.6. The average molecular weight is 560 g/mol. The summed E-state index contributed by atoms with van der Waals surface area (Å²) in [7, 11) is 2.07. The van der Waals surface area contributed by atoms with Crippen LogP contribution < -0.4 is 0 Å². The fourth-order valence-electron chi connectivity index (χ4n) is 5.72. The number of aromatic nitrogens is 2. The summed E-state index contributed by atoms with van der Waals surface area (Å²) in [5.41, 5.74) is 8.69. The Labute approximate surface area is 252 Å². The van der Waals surface area contributed by atoms with E-state index in [4.69, 9.17) is 15.0 Å². The lowest BCUT2D eigenvalue weighted by Gasteiger charge is -2.32. The summed E-state index contributed by atoms with van der Waals surface area (Å²) in [5, 5.41) is 0. The summed E-state index contributed by atoms with van der Waals surface area (Å²) >= 11 is 0. The van der Waals surface area contributed by atoms with Crippen molar-refractivity contribution in [3.05, 3.63) is 156 Å². The molecule has 1 aliphatic rings. The summed E-state index contributed by atoms with van der Waals surface area (Å²) in [6.07, 6.45) is -0.223. The van der Waals surface area contributed by atoms with E-state index in [1.54, 1.807) is 0 Å². The Morgan fingerprint density at radius 2 is 1.30 bits per heavy atom. The van der Waals surface area contributed by atoms with Crippen molar-refractivity contribution in [2.24, 2.45) is 9.98 Å². The minimum absolute atomic E-state index is 0.223. The number of amidine groups is 2. The molecule has 1 unspecified atom stereocenters. The monoisotopic (exact) mass is 559 g/mol. The maximum absolute atomic E-state index is 5.15. The van der Waals surface area contributed by atoms with Gasteiger partial charge in [0.15, 0.2) is 5.84 Å². The molecule has 0 aliphatic carbocycles. The molecule has 1 aliphatic heterocycles. The average Bonchev–Trinajstić information content (AvgIpc) is 3.46. The lowest BCUT2D eigenvalue weighted by molar-refractivity contribution is 0.383. The Hall–Kier alpha value is -5.29. The molecule has 0 saturated carbocycles. The number of imidazole rings is 1. The summed E-state index contributed by atoms with van der Waals surface area (Å²) in [6, 6.07) is 46.3. The summed E-state index contributed by atoms with van der Waals surface area (Å²) in [6.45, 7) is 4.45. The number of hydrogen-bond donors (Lipinski definition) is 0. The van der Waals surface area contributed by atoms with Crippen molar-refractivity contribution in [3.8, 4) is 17.1 Å². The van der Waals surface area contributed by atoms with E-state index in [1.165, 1.54) is 5.56 Å². The molecule has 1 atom stereocenters. The van der Waals surface area contributed by atoms with Crippen molar-refractivity contribution in [3.63, 3.8) is 0 Å². The Bertz CT molecular complexity index is 1950. The first-order valence-electron chi connectivity index (χ1n) is 14.7. The van der Waals surface area contributed by atoms with E-state index in [2.05, 4.69) is 121 Å². The Morgan fingerprint density at radius 1 is 0.651 bits per heavy atom. The zero-order chi connectivity index (χ0) is 29.3. The first-order chi connectivity index (χ1) is 21.1. The summed E-state index contributed by atoms with van der Waals surface area (Å²) in [4.78, 5) is 17.4. The van der Waals surface area contributed by atoms with Gasteiger partial charge in [0.2, 0.25) is 0 Å². The number of nitrogens with zero attached hydrogens (tertiary/aromatic N) is 5. The van der Waals surface area contributed by atoms with E-state index in [-0.39, 0.29) is 6.17 Å². The van der Waals surface area contributed by atoms with E-state index >= 15 is 0 Å². The van der Waals surface area contributed by atoms with Crippen LogP contribution in [0.15, 0.2) is 143 Å². The molecule has 5 nitrogen and oxygen atoms in total. The van der Waals surface area contributed by atoms with Gasteiger partial charge in [-0.3, -0.25) is 4.57 Å². The third kappa shape index (κ3) is 5.04. The van der Waals surface area contributed by atoms with Crippen molar-refractivity contribution in [2.75, 3.05) is 7.05 Å². The van der Waals surface area contributed by atoms with E-state index in [0.717, 1.165) is 56.5 Å². The van der Waals surface area contributed by atoms with E-state index in [0.29, 0.717) is 5.92 Å². The highest BCUT2D eigenvalue weighted by molar-refractivity contribution is 6.12. The molecule has 43 heavy (non-hydrogen) atoms. The maximum atomic E-state index is 5.15. The summed E-state index contributed by atoms with van der Waals surface area (Å²) < 4.78 is 2.26. The largest absolute Gasteiger partial charge is 0.333 e. The van der Waals surface area contributed by atoms with Gasteiger partial charge in [0, 0.05) is 29.4 Å². The molecule has 1 aromatic heterocycles. The lowest BCUT2D eigenvalue weighted by Crippen LogP contribution is -2.35. The van der Waals surface area contributed by atoms with Crippen LogP contribution in [0.25, 0.3) is 28.1 Å². The smallest absolute Gasteiger partial charge is 0.159 e. The molecule has 0 spiro atoms. The number of benzene rings is 5. The Balaban J connectivity index is 1.31. The highest BCUT2D eigenvalue weighted by Gasteiger charge is 2.27. The van der Waals surface area contributed by atoms with E-state index < -0.39 is 0 Å². The second-order valence-corrected chi connectivity index (χ2v) is 11.2. The highest BCUT2D eigenvalue weighted by Crippen LogP contribution is 2.33. The molecular weight excluding hydrogens is 526 g/mol. The standard InChI is InChI=1S/C38H33N5/c1-26(2)30-17-12-18-31(25-30)38-39-33-19-10-11-20-34(33)43(38)32-23-21-29(22-24-32)37-41-35(27-13-6-4-7-14-27)40-36(42(37)3)28-15-8-5-9-16-28/h4-26,37H,1-3H3. The number of fused-ring (bicyclic) bond motifs is 1. The third-order valence-corrected chi connectivity index (χ3v) is 8.04. The van der Waals surface area contributed by atoms with Crippen molar-refractivity contribution < 1.29 is 0 Å². The number of para-hydroxylation sites is 2. The Kier molecular flexibility index (Phi) is 6.92. The number of rotatable bonds is 6. The minimum atomic E-state index is -0.223. The molecule has 210 valence electrons. The van der Waals surface area contributed by atoms with E-state index in [1.807, 2.05) is 42.5 Å². The zero-order valence-electron chi connectivity index (χ0n) is 24.6. The van der Waals surface area contributed by atoms with Gasteiger partial charge in [-0.25, -0.2) is 15.0 Å². The molecule has 0 fully saturated rings. The summed E-state index contributed by atoms with van der Waals surface area (Å²) in [5.74, 6) is 3.01. The second kappa shape index (κ2) is 11.2. The van der Waals surface area contributed by atoms with Gasteiger partial charge in [-0.05, 0) is 47.4 Å². The molecular formula is C38H33N5. The molecule has 0 saturated heterocycles. The van der Waals surface area contributed by atoms with Crippen LogP contribution in [0.4, 0.5) is 0 Å². The first kappa shape index (κ1) is 26.6. The van der Waals surface area contributed by atoms with E-state index in [9.17, 15) is 0 Å². The van der Waals surface area contributed by atoms with Crippen LogP contribution in [-0.2, 0) is 0 Å². The van der Waals surface area contributed by atoms with Crippen molar-refractivity contribution in [2.45, 2.75) is 25.9 Å². The fraction of sp³-hybridized carbons (Fsp3) is 0.132. The van der Waals surface area contributed by atoms with Crippen LogP contribution >= 0.6 is 0 Å². The molecule has 6 aromatic rings. The van der Waals surface area contributed by atoms with Gasteiger partial charge in [0.1, 0.15) is 17.8 Å². The molecule has 0 radical (unpaired) electrons. The number of hydrogen-bond acceptors (Lipinski definition) is 4. The third-order valence-electron chi connectivity index (χ3n) is 8.04. The van der Waals surface area contributed by atoms with Crippen molar-refractivity contribution >= 4 is 22.7 Å². The van der Waals surface area contributed by atoms with Gasteiger partial charge < -0.3 is 4.90 Å². The molecule has 2 heterocycles. The maximum Gasteiger partial charge on any atom is 0.159 e. The van der Waals surface area contributed by atoms with Gasteiger partial charge in [0.25, 0.3) is 0 Å². The second-order valence-electron chi connectivity index (χ2n) is 11.2. The quantitative estimate of drug-likeness (QED) is 0.205. The van der Waals surface area contributed by atoms with Gasteiger partial charge in [0.05, 0.1) is 11.0 Å². The SMILES string of the molecule is CC(C)c1cccc(-c2nc3ccccc3n2-c2ccc(C3N=C(c4ccccc4)N=C(c4ccccc4)N3C)cc2)c1. The molecule has 5 heteroatoms. The van der Waals surface area contributed by atoms with Crippen LogP contribution in [-0.4, -0.2) is 33.2 Å². The molecule has 0 N–H and O–H groups in total. The predicted octanol–water partition coefficient (Wildman–Crippen LogP) is 8.65. The van der Waals surface area contributed by atoms with Crippen LogP contribution in [0.2, 0.25) is 0 Å². The molecule has 0 amide bonds. The van der Waals surface area contributed by atoms with Crippen LogP contribution in [0.1, 0.15) is 48.2 Å². The minimum Gasteiger partial charge on any atom is -0.333 e. The van der Waals surface area contributed by atoms with Crippen molar-refractivity contribution in [1.29, 1.82) is 0 Å². The molecule has 7 rings (SSSR count). The lowest BCUT2D eigenvalue weighted by atomic mass is 10.0. The van der Waals surface area contributed by atoms with Gasteiger partial charge in [-0.2, -0.15) is 0 Å². The Morgan fingerprint density at radius 3 is 2.02 bits per heavy atom. The first-order valence-corrected chi connectivity index (χ1v) is 14.7. The van der Waals surface area contributed by atoms with Gasteiger partial charge in [-0.1, -0.05) is 117 Å². The van der Waals surface area contributed by atoms with Gasteiger partial charge in [-0.15, -0.1) is 0 Å². The topological polar surface area (TPSA) is 45.8 Å². The van der Waals surface area contributed by atoms with Gasteiger partial charge >= 0.3 is 0 Å². The molecule has 0 bridgehead atoms. The predicted molar refractivity (Wildman–Crippen MR) is 177 cm³/mol. The molecule has 5 aromatic carbocycles. The van der Waals surface area contributed by atoms with Crippen LogP contribution in [0, 0.1) is 0 Å². The number of aliphatic imine (C=N–C) groups is 2. The normalized spacial score (nSPS) is 15.1.